The van der Waals surface area contributed by atoms with Crippen molar-refractivity contribution < 1.29 is 0 Å². The van der Waals surface area contributed by atoms with Crippen molar-refractivity contribution in [3.8, 4) is 0 Å². The lowest BCUT2D eigenvalue weighted by molar-refractivity contribution is 0.114. The van der Waals surface area contributed by atoms with Crippen molar-refractivity contribution >= 4 is 0 Å². The van der Waals surface area contributed by atoms with Crippen LogP contribution in [0.5, 0.6) is 0 Å². The summed E-state index contributed by atoms with van der Waals surface area (Å²) in [5.74, 6) is 0. The molecular weight excluding hydrogens is 244 g/mol. The SMILES string of the molecule is CCNCC1(CN(C)Cc2ccccc2)CCCCC1. The van der Waals surface area contributed by atoms with Crippen LogP contribution in [-0.4, -0.2) is 31.6 Å². The van der Waals surface area contributed by atoms with Gasteiger partial charge in [0, 0.05) is 19.6 Å². The molecule has 20 heavy (non-hydrogen) atoms. The van der Waals surface area contributed by atoms with Gasteiger partial charge < -0.3 is 10.2 Å². The lowest BCUT2D eigenvalue weighted by Crippen LogP contribution is -2.44. The highest BCUT2D eigenvalue weighted by Crippen LogP contribution is 2.36. The molecule has 1 aliphatic carbocycles. The van der Waals surface area contributed by atoms with E-state index in [4.69, 9.17) is 0 Å². The molecule has 112 valence electrons. The lowest BCUT2D eigenvalue weighted by Gasteiger charge is -2.40. The van der Waals surface area contributed by atoms with Gasteiger partial charge in [-0.15, -0.1) is 0 Å². The van der Waals surface area contributed by atoms with Crippen molar-refractivity contribution in [1.82, 2.24) is 10.2 Å². The Labute approximate surface area is 124 Å². The normalized spacial score (nSPS) is 18.4. The van der Waals surface area contributed by atoms with Crippen LogP contribution >= 0.6 is 0 Å². The van der Waals surface area contributed by atoms with Crippen molar-refractivity contribution in [2.45, 2.75) is 45.6 Å². The summed E-state index contributed by atoms with van der Waals surface area (Å²) < 4.78 is 0. The van der Waals surface area contributed by atoms with Gasteiger partial charge in [-0.3, -0.25) is 0 Å². The van der Waals surface area contributed by atoms with E-state index in [0.29, 0.717) is 5.41 Å². The first kappa shape index (κ1) is 15.5. The fourth-order valence-corrected chi connectivity index (χ4v) is 3.61. The number of nitrogens with zero attached hydrogens (tertiary/aromatic N) is 1. The van der Waals surface area contributed by atoms with E-state index in [1.54, 1.807) is 0 Å². The van der Waals surface area contributed by atoms with E-state index in [-0.39, 0.29) is 0 Å². The van der Waals surface area contributed by atoms with E-state index in [0.717, 1.165) is 13.1 Å². The molecule has 2 heteroatoms. The second-order valence-electron chi connectivity index (χ2n) is 6.50. The van der Waals surface area contributed by atoms with Gasteiger partial charge in [0.05, 0.1) is 0 Å². The third-order valence-corrected chi connectivity index (χ3v) is 4.56. The van der Waals surface area contributed by atoms with Gasteiger partial charge in [-0.1, -0.05) is 56.5 Å². The molecule has 0 aliphatic heterocycles. The summed E-state index contributed by atoms with van der Waals surface area (Å²) in [5, 5.41) is 3.60. The Morgan fingerprint density at radius 2 is 1.80 bits per heavy atom. The molecule has 0 radical (unpaired) electrons. The molecule has 0 amide bonds. The highest BCUT2D eigenvalue weighted by Gasteiger charge is 2.32. The van der Waals surface area contributed by atoms with Crippen molar-refractivity contribution in [3.05, 3.63) is 35.9 Å². The Morgan fingerprint density at radius 3 is 2.45 bits per heavy atom. The van der Waals surface area contributed by atoms with E-state index >= 15 is 0 Å². The van der Waals surface area contributed by atoms with Gasteiger partial charge in [0.2, 0.25) is 0 Å². The first-order valence-corrected chi connectivity index (χ1v) is 8.17. The summed E-state index contributed by atoms with van der Waals surface area (Å²) in [6.07, 6.45) is 7.02. The van der Waals surface area contributed by atoms with Crippen LogP contribution in [0.2, 0.25) is 0 Å². The van der Waals surface area contributed by atoms with Gasteiger partial charge in [0.1, 0.15) is 0 Å². The molecule has 2 nitrogen and oxygen atoms in total. The first-order valence-electron chi connectivity index (χ1n) is 8.17. The van der Waals surface area contributed by atoms with Gasteiger partial charge in [0.25, 0.3) is 0 Å². The number of nitrogens with one attached hydrogen (secondary N) is 1. The van der Waals surface area contributed by atoms with Crippen LogP contribution in [0.15, 0.2) is 30.3 Å². The smallest absolute Gasteiger partial charge is 0.0230 e. The topological polar surface area (TPSA) is 15.3 Å². The van der Waals surface area contributed by atoms with Crippen LogP contribution in [0, 0.1) is 5.41 Å². The highest BCUT2D eigenvalue weighted by molar-refractivity contribution is 5.14. The minimum Gasteiger partial charge on any atom is -0.316 e. The van der Waals surface area contributed by atoms with Crippen LogP contribution in [0.4, 0.5) is 0 Å². The zero-order chi connectivity index (χ0) is 14.3. The molecule has 0 bridgehead atoms. The molecule has 0 saturated heterocycles. The summed E-state index contributed by atoms with van der Waals surface area (Å²) in [4.78, 5) is 2.51. The first-order chi connectivity index (χ1) is 9.74. The van der Waals surface area contributed by atoms with Crippen LogP contribution < -0.4 is 5.32 Å². The van der Waals surface area contributed by atoms with Crippen molar-refractivity contribution in [2.24, 2.45) is 5.41 Å². The number of rotatable bonds is 7. The molecule has 0 atom stereocenters. The number of hydrogen-bond donors (Lipinski definition) is 1. The summed E-state index contributed by atoms with van der Waals surface area (Å²) >= 11 is 0. The van der Waals surface area contributed by atoms with Gasteiger partial charge in [-0.2, -0.15) is 0 Å². The zero-order valence-electron chi connectivity index (χ0n) is 13.2. The molecule has 0 aromatic heterocycles. The van der Waals surface area contributed by atoms with Crippen molar-refractivity contribution in [3.63, 3.8) is 0 Å². The van der Waals surface area contributed by atoms with Crippen molar-refractivity contribution in [2.75, 3.05) is 26.7 Å². The number of benzene rings is 1. The Hall–Kier alpha value is -0.860. The van der Waals surface area contributed by atoms with Gasteiger partial charge in [-0.25, -0.2) is 0 Å². The van der Waals surface area contributed by atoms with E-state index in [9.17, 15) is 0 Å². The molecule has 0 unspecified atom stereocenters. The molecule has 0 spiro atoms. The monoisotopic (exact) mass is 274 g/mol. The standard InChI is InChI=1S/C18H30N2/c1-3-19-15-18(12-8-5-9-13-18)16-20(2)14-17-10-6-4-7-11-17/h4,6-7,10-11,19H,3,5,8-9,12-16H2,1-2H3. The molecule has 1 fully saturated rings. The van der Waals surface area contributed by atoms with E-state index < -0.39 is 0 Å². The maximum absolute atomic E-state index is 3.60. The molecule has 1 saturated carbocycles. The quantitative estimate of drug-likeness (QED) is 0.816. The summed E-state index contributed by atoms with van der Waals surface area (Å²) in [6.45, 7) is 6.76. The van der Waals surface area contributed by atoms with Gasteiger partial charge >= 0.3 is 0 Å². The van der Waals surface area contributed by atoms with Gasteiger partial charge in [0.15, 0.2) is 0 Å². The second kappa shape index (κ2) is 7.80. The summed E-state index contributed by atoms with van der Waals surface area (Å²) in [7, 11) is 2.27. The molecule has 0 heterocycles. The third-order valence-electron chi connectivity index (χ3n) is 4.56. The molecule has 1 aromatic carbocycles. The predicted octanol–water partition coefficient (Wildman–Crippen LogP) is 3.68. The van der Waals surface area contributed by atoms with E-state index in [2.05, 4.69) is 54.5 Å². The maximum atomic E-state index is 3.60. The highest BCUT2D eigenvalue weighted by atomic mass is 15.1. The maximum Gasteiger partial charge on any atom is 0.0230 e. The fraction of sp³-hybridized carbons (Fsp3) is 0.667. The Bertz CT molecular complexity index is 368. The second-order valence-corrected chi connectivity index (χ2v) is 6.50. The fourth-order valence-electron chi connectivity index (χ4n) is 3.61. The molecule has 1 aliphatic rings. The van der Waals surface area contributed by atoms with Crippen LogP contribution in [-0.2, 0) is 6.54 Å². The Morgan fingerprint density at radius 1 is 1.10 bits per heavy atom. The lowest BCUT2D eigenvalue weighted by atomic mass is 9.73. The number of hydrogen-bond acceptors (Lipinski definition) is 2. The van der Waals surface area contributed by atoms with Gasteiger partial charge in [-0.05, 0) is 37.4 Å². The minimum atomic E-state index is 0.498. The molecule has 1 N–H and O–H groups in total. The zero-order valence-corrected chi connectivity index (χ0v) is 13.2. The molecule has 2 rings (SSSR count). The molecular formula is C18H30N2. The van der Waals surface area contributed by atoms with Crippen molar-refractivity contribution in [1.29, 1.82) is 0 Å². The largest absolute Gasteiger partial charge is 0.316 e. The predicted molar refractivity (Wildman–Crippen MR) is 86.8 cm³/mol. The average molecular weight is 274 g/mol. The van der Waals surface area contributed by atoms with Crippen LogP contribution in [0.3, 0.4) is 0 Å². The summed E-state index contributed by atoms with van der Waals surface area (Å²) in [6, 6.07) is 10.8. The third kappa shape index (κ3) is 4.60. The Balaban J connectivity index is 1.92. The van der Waals surface area contributed by atoms with E-state index in [1.165, 1.54) is 50.8 Å². The van der Waals surface area contributed by atoms with E-state index in [1.807, 2.05) is 0 Å². The Kier molecular flexibility index (Phi) is 6.06. The summed E-state index contributed by atoms with van der Waals surface area (Å²) in [5.41, 5.74) is 1.92. The minimum absolute atomic E-state index is 0.498. The van der Waals surface area contributed by atoms with Crippen LogP contribution in [0.25, 0.3) is 0 Å². The average Bonchev–Trinajstić information content (AvgIpc) is 2.47. The molecule has 1 aromatic rings. The van der Waals surface area contributed by atoms with Crippen LogP contribution in [0.1, 0.15) is 44.6 Å².